The van der Waals surface area contributed by atoms with Gasteiger partial charge in [0, 0.05) is 16.3 Å². The van der Waals surface area contributed by atoms with Crippen LogP contribution in [0.25, 0.3) is 0 Å². The fraction of sp³-hybridized carbons (Fsp3) is 0.269. The summed E-state index contributed by atoms with van der Waals surface area (Å²) in [4.78, 5) is 14.2. The Morgan fingerprint density at radius 2 is 1.74 bits per heavy atom. The summed E-state index contributed by atoms with van der Waals surface area (Å²) in [5.74, 6) is 1.04. The molecule has 3 aromatic carbocycles. The molecule has 3 aromatic rings. The van der Waals surface area contributed by atoms with Crippen molar-refractivity contribution in [2.75, 3.05) is 22.5 Å². The summed E-state index contributed by atoms with van der Waals surface area (Å²) >= 11 is 1.75. The molecule has 0 heterocycles. The third-order valence-corrected chi connectivity index (χ3v) is 7.51. The molecule has 3 rings (SSSR count). The number of carbonyl (C=O) groups is 1. The highest BCUT2D eigenvalue weighted by molar-refractivity contribution is 7.98. The van der Waals surface area contributed by atoms with Crippen molar-refractivity contribution in [2.24, 2.45) is 0 Å². The van der Waals surface area contributed by atoms with Crippen LogP contribution in [0.3, 0.4) is 0 Å². The Bertz CT molecular complexity index is 1210. The number of hydrogen-bond donors (Lipinski definition) is 1. The maximum absolute atomic E-state index is 13.0. The predicted molar refractivity (Wildman–Crippen MR) is 140 cm³/mol. The molecule has 8 heteroatoms. The van der Waals surface area contributed by atoms with Gasteiger partial charge in [-0.3, -0.25) is 9.10 Å². The number of benzene rings is 3. The van der Waals surface area contributed by atoms with E-state index in [2.05, 4.69) is 17.4 Å². The van der Waals surface area contributed by atoms with Gasteiger partial charge in [-0.05, 0) is 74.4 Å². The first-order chi connectivity index (χ1) is 16.2. The monoisotopic (exact) mass is 498 g/mol. The molecule has 0 aliphatic rings. The fourth-order valence-corrected chi connectivity index (χ4v) is 5.58. The van der Waals surface area contributed by atoms with Crippen LogP contribution < -0.4 is 14.4 Å². The van der Waals surface area contributed by atoms with Crippen LogP contribution in [-0.2, 0) is 20.6 Å². The zero-order valence-corrected chi connectivity index (χ0v) is 21.4. The number of anilines is 2. The highest BCUT2D eigenvalue weighted by Crippen LogP contribution is 2.27. The molecule has 0 saturated heterocycles. The van der Waals surface area contributed by atoms with Gasteiger partial charge in [-0.25, -0.2) is 8.42 Å². The number of hydrogen-bond acceptors (Lipinski definition) is 5. The summed E-state index contributed by atoms with van der Waals surface area (Å²) in [5, 5.41) is 2.89. The molecule has 0 aliphatic carbocycles. The van der Waals surface area contributed by atoms with E-state index in [-0.39, 0.29) is 0 Å². The lowest BCUT2D eigenvalue weighted by atomic mass is 10.1. The van der Waals surface area contributed by atoms with Crippen molar-refractivity contribution in [3.63, 3.8) is 0 Å². The Balaban J connectivity index is 1.72. The van der Waals surface area contributed by atoms with Crippen molar-refractivity contribution in [3.8, 4) is 5.75 Å². The number of ether oxygens (including phenoxy) is 1. The first-order valence-corrected chi connectivity index (χ1v) is 13.8. The molecule has 0 bridgehead atoms. The fourth-order valence-electron chi connectivity index (χ4n) is 3.54. The Labute approximate surface area is 206 Å². The molecule has 0 spiro atoms. The minimum Gasteiger partial charge on any atom is -0.494 e. The highest BCUT2D eigenvalue weighted by atomic mass is 32.2. The van der Waals surface area contributed by atoms with Gasteiger partial charge in [0.1, 0.15) is 11.8 Å². The van der Waals surface area contributed by atoms with Crippen LogP contribution in [0.5, 0.6) is 5.75 Å². The largest absolute Gasteiger partial charge is 0.494 e. The molecule has 1 N–H and O–H groups in total. The second kappa shape index (κ2) is 11.4. The lowest BCUT2D eigenvalue weighted by Crippen LogP contribution is -2.45. The van der Waals surface area contributed by atoms with Crippen LogP contribution in [-0.4, -0.2) is 33.2 Å². The maximum Gasteiger partial charge on any atom is 0.248 e. The number of thioether (sulfide) groups is 1. The van der Waals surface area contributed by atoms with E-state index in [0.717, 1.165) is 27.4 Å². The first-order valence-electron chi connectivity index (χ1n) is 11.0. The van der Waals surface area contributed by atoms with Crippen molar-refractivity contribution in [1.29, 1.82) is 0 Å². The summed E-state index contributed by atoms with van der Waals surface area (Å²) in [6, 6.07) is 21.8. The lowest BCUT2D eigenvalue weighted by molar-refractivity contribution is -0.116. The molecule has 1 atom stereocenters. The van der Waals surface area contributed by atoms with Gasteiger partial charge in [-0.2, -0.15) is 0 Å². The third kappa shape index (κ3) is 6.77. The van der Waals surface area contributed by atoms with Gasteiger partial charge in [0.2, 0.25) is 15.9 Å². The number of nitrogens with zero attached hydrogens (tertiary/aromatic N) is 1. The summed E-state index contributed by atoms with van der Waals surface area (Å²) in [5.41, 5.74) is 3.12. The van der Waals surface area contributed by atoms with Crippen LogP contribution in [0.4, 0.5) is 11.4 Å². The van der Waals surface area contributed by atoms with Crippen molar-refractivity contribution in [3.05, 3.63) is 83.9 Å². The molecule has 0 saturated carbocycles. The number of nitrogens with one attached hydrogen (secondary N) is 1. The number of sulfonamides is 1. The Morgan fingerprint density at radius 3 is 2.32 bits per heavy atom. The van der Waals surface area contributed by atoms with E-state index in [4.69, 9.17) is 4.74 Å². The van der Waals surface area contributed by atoms with E-state index in [1.807, 2.05) is 50.2 Å². The SMILES string of the molecule is CCOc1ccc(N([C@H](C)C(=O)Nc2ccc(CSc3ccccc3)cc2C)S(C)(=O)=O)cc1. The van der Waals surface area contributed by atoms with Gasteiger partial charge in [0.25, 0.3) is 0 Å². The second-order valence-electron chi connectivity index (χ2n) is 7.90. The van der Waals surface area contributed by atoms with Crippen molar-refractivity contribution >= 4 is 39.1 Å². The van der Waals surface area contributed by atoms with Crippen LogP contribution in [0.1, 0.15) is 25.0 Å². The van der Waals surface area contributed by atoms with E-state index in [0.29, 0.717) is 23.7 Å². The van der Waals surface area contributed by atoms with E-state index in [1.54, 1.807) is 43.0 Å². The second-order valence-corrected chi connectivity index (χ2v) is 10.8. The molecule has 180 valence electrons. The molecule has 0 radical (unpaired) electrons. The molecule has 6 nitrogen and oxygen atoms in total. The molecule has 0 aliphatic heterocycles. The van der Waals surface area contributed by atoms with Gasteiger partial charge >= 0.3 is 0 Å². The first kappa shape index (κ1) is 25.6. The average Bonchev–Trinajstić information content (AvgIpc) is 2.80. The molecule has 0 fully saturated rings. The number of aryl methyl sites for hydroxylation is 1. The molecule has 0 unspecified atom stereocenters. The maximum atomic E-state index is 13.0. The molecular weight excluding hydrogens is 468 g/mol. The Kier molecular flexibility index (Phi) is 8.63. The summed E-state index contributed by atoms with van der Waals surface area (Å²) < 4.78 is 31.7. The number of amides is 1. The zero-order chi connectivity index (χ0) is 24.7. The van der Waals surface area contributed by atoms with E-state index >= 15 is 0 Å². The molecule has 34 heavy (non-hydrogen) atoms. The van der Waals surface area contributed by atoms with Crippen molar-refractivity contribution in [2.45, 2.75) is 37.5 Å². The average molecular weight is 499 g/mol. The summed E-state index contributed by atoms with van der Waals surface area (Å²) in [6.45, 7) is 5.89. The Hall–Kier alpha value is -2.97. The van der Waals surface area contributed by atoms with E-state index in [1.165, 1.54) is 4.90 Å². The minimum absolute atomic E-state index is 0.401. The standard InChI is InChI=1S/C26H30N2O4S2/c1-5-32-23-14-12-22(13-15-23)28(34(4,30)31)20(3)26(29)27-25-16-11-21(17-19(25)2)18-33-24-9-7-6-8-10-24/h6-17,20H,5,18H2,1-4H3,(H,27,29)/t20-/m1/s1. The quantitative estimate of drug-likeness (QED) is 0.375. The van der Waals surface area contributed by atoms with Gasteiger partial charge in [-0.1, -0.05) is 30.3 Å². The van der Waals surface area contributed by atoms with Crippen LogP contribution >= 0.6 is 11.8 Å². The summed E-state index contributed by atoms with van der Waals surface area (Å²) in [7, 11) is -3.70. The van der Waals surface area contributed by atoms with Gasteiger partial charge < -0.3 is 10.1 Å². The number of rotatable bonds is 10. The van der Waals surface area contributed by atoms with Crippen molar-refractivity contribution < 1.29 is 17.9 Å². The van der Waals surface area contributed by atoms with Gasteiger partial charge in [-0.15, -0.1) is 11.8 Å². The Morgan fingerprint density at radius 1 is 1.06 bits per heavy atom. The smallest absolute Gasteiger partial charge is 0.248 e. The zero-order valence-electron chi connectivity index (χ0n) is 19.8. The predicted octanol–water partition coefficient (Wildman–Crippen LogP) is 5.48. The minimum atomic E-state index is -3.70. The lowest BCUT2D eigenvalue weighted by Gasteiger charge is -2.28. The van der Waals surface area contributed by atoms with Gasteiger partial charge in [0.15, 0.2) is 0 Å². The normalized spacial score (nSPS) is 12.1. The third-order valence-electron chi connectivity index (χ3n) is 5.19. The highest BCUT2D eigenvalue weighted by Gasteiger charge is 2.29. The van der Waals surface area contributed by atoms with Crippen LogP contribution in [0.15, 0.2) is 77.7 Å². The van der Waals surface area contributed by atoms with Gasteiger partial charge in [0.05, 0.1) is 18.6 Å². The van der Waals surface area contributed by atoms with E-state index in [9.17, 15) is 13.2 Å². The van der Waals surface area contributed by atoms with Crippen LogP contribution in [0.2, 0.25) is 0 Å². The molecule has 1 amide bonds. The molecular formula is C26H30N2O4S2. The number of carbonyl (C=O) groups excluding carboxylic acids is 1. The topological polar surface area (TPSA) is 75.7 Å². The summed E-state index contributed by atoms with van der Waals surface area (Å²) in [6.07, 6.45) is 1.09. The van der Waals surface area contributed by atoms with E-state index < -0.39 is 22.0 Å². The van der Waals surface area contributed by atoms with Crippen molar-refractivity contribution in [1.82, 2.24) is 0 Å². The van der Waals surface area contributed by atoms with Crippen LogP contribution in [0, 0.1) is 6.92 Å². The molecule has 0 aromatic heterocycles.